The molecule has 2 aromatic rings. The molecule has 1 atom stereocenters. The molecule has 0 saturated heterocycles. The van der Waals surface area contributed by atoms with Crippen molar-refractivity contribution in [2.24, 2.45) is 0 Å². The summed E-state index contributed by atoms with van der Waals surface area (Å²) in [7, 11) is -3.46. The minimum absolute atomic E-state index is 0.0350. The molecule has 282 valence electrons. The lowest BCUT2D eigenvalue weighted by atomic mass is 10.0. The van der Waals surface area contributed by atoms with Gasteiger partial charge in [0.25, 0.3) is 0 Å². The Kier molecular flexibility index (Phi) is 21.8. The van der Waals surface area contributed by atoms with Crippen LogP contribution in [0.2, 0.25) is 0 Å². The van der Waals surface area contributed by atoms with E-state index in [1.807, 2.05) is 12.1 Å². The highest BCUT2D eigenvalue weighted by atomic mass is 31.2. The summed E-state index contributed by atoms with van der Waals surface area (Å²) in [5.74, 6) is 1.94. The molecule has 0 aliphatic carbocycles. The number of unbranched alkanes of at least 4 members (excludes halogenated alkanes) is 12. The molecule has 2 rings (SSSR count). The third kappa shape index (κ3) is 20.7. The Morgan fingerprint density at radius 3 is 1.96 bits per heavy atom. The van der Waals surface area contributed by atoms with Crippen molar-refractivity contribution >= 4 is 13.5 Å². The first-order valence-corrected chi connectivity index (χ1v) is 19.9. The van der Waals surface area contributed by atoms with Gasteiger partial charge in [0.2, 0.25) is 5.91 Å². The van der Waals surface area contributed by atoms with Crippen LogP contribution in [0.3, 0.4) is 0 Å². The molecule has 0 unspecified atom stereocenters. The summed E-state index contributed by atoms with van der Waals surface area (Å²) in [5.41, 5.74) is 1.31. The molecule has 1 aromatic carbocycles. The molecule has 1 amide bonds. The van der Waals surface area contributed by atoms with Gasteiger partial charge in [-0.15, -0.1) is 0 Å². The second-order valence-corrected chi connectivity index (χ2v) is 14.3. The number of benzene rings is 1. The lowest BCUT2D eigenvalue weighted by molar-refractivity contribution is -0.153. The largest absolute Gasteiger partial charge is 0.487 e. The van der Waals surface area contributed by atoms with E-state index in [4.69, 9.17) is 18.5 Å². The molecular weight excluding hydrogens is 668 g/mol. The molecule has 0 fully saturated rings. The average molecular weight is 727 g/mol. The van der Waals surface area contributed by atoms with Gasteiger partial charge in [0.1, 0.15) is 18.1 Å². The minimum Gasteiger partial charge on any atom is -0.487 e. The predicted octanol–water partition coefficient (Wildman–Crippen LogP) is 10.9. The van der Waals surface area contributed by atoms with Crippen LogP contribution in [0, 0.1) is 0 Å². The monoisotopic (exact) mass is 726 g/mol. The Bertz CT molecular complexity index is 1270. The molecule has 8 nitrogen and oxygen atoms in total. The van der Waals surface area contributed by atoms with Gasteiger partial charge < -0.3 is 23.8 Å². The Morgan fingerprint density at radius 2 is 1.40 bits per heavy atom. The fraction of sp³-hybridized carbons (Fsp3) is 0.632. The first-order valence-electron chi connectivity index (χ1n) is 18.3. The topological polar surface area (TPSA) is 96.0 Å². The molecule has 50 heavy (non-hydrogen) atoms. The fourth-order valence-electron chi connectivity index (χ4n) is 5.36. The number of carbonyl (C=O) groups excluding carboxylic acids is 1. The molecule has 0 aliphatic heterocycles. The van der Waals surface area contributed by atoms with Gasteiger partial charge in [0.15, 0.2) is 6.61 Å². The molecule has 1 heterocycles. The third-order valence-electron chi connectivity index (χ3n) is 7.93. The number of halogens is 3. The molecular formula is C38H58F3N2O6P. The van der Waals surface area contributed by atoms with Crippen molar-refractivity contribution in [2.75, 3.05) is 19.8 Å². The van der Waals surface area contributed by atoms with E-state index < -0.39 is 26.4 Å². The van der Waals surface area contributed by atoms with Gasteiger partial charge >= 0.3 is 13.8 Å². The zero-order chi connectivity index (χ0) is 36.5. The second-order valence-electron chi connectivity index (χ2n) is 12.4. The molecule has 0 spiro atoms. The lowest BCUT2D eigenvalue weighted by Gasteiger charge is -2.18. The number of rotatable bonds is 28. The highest BCUT2D eigenvalue weighted by Crippen LogP contribution is 2.49. The summed E-state index contributed by atoms with van der Waals surface area (Å²) >= 11 is 0. The normalized spacial score (nSPS) is 12.7. The van der Waals surface area contributed by atoms with E-state index in [1.165, 1.54) is 88.4 Å². The van der Waals surface area contributed by atoms with Gasteiger partial charge in [-0.1, -0.05) is 102 Å². The van der Waals surface area contributed by atoms with Crippen LogP contribution in [0.5, 0.6) is 11.5 Å². The number of hydrogen-bond acceptors (Lipinski definition) is 7. The van der Waals surface area contributed by atoms with Crippen molar-refractivity contribution in [2.45, 2.75) is 136 Å². The van der Waals surface area contributed by atoms with E-state index >= 15 is 0 Å². The molecule has 1 aromatic heterocycles. The SMILES string of the molecule is CCCCCCCCCCCCCCCC(=O)N[C@H](C=CP(=O)(OCC)OCC)Cc1ccc(OCc2cc(OCC(F)(F)F)ccn2)cc1. The van der Waals surface area contributed by atoms with Crippen LogP contribution in [-0.2, 0) is 31.4 Å². The summed E-state index contributed by atoms with van der Waals surface area (Å²) in [6.07, 6.45) is 15.5. The van der Waals surface area contributed by atoms with Crippen LogP contribution in [0.25, 0.3) is 0 Å². The van der Waals surface area contributed by atoms with E-state index in [9.17, 15) is 22.5 Å². The quantitative estimate of drug-likeness (QED) is 0.0689. The van der Waals surface area contributed by atoms with Gasteiger partial charge in [0.05, 0.1) is 24.9 Å². The second kappa shape index (κ2) is 25.1. The fourth-order valence-corrected chi connectivity index (χ4v) is 6.75. The van der Waals surface area contributed by atoms with Crippen LogP contribution in [0.1, 0.15) is 122 Å². The smallest absolute Gasteiger partial charge is 0.422 e. The number of nitrogens with zero attached hydrogens (tertiary/aromatic N) is 1. The Morgan fingerprint density at radius 1 is 0.820 bits per heavy atom. The highest BCUT2D eigenvalue weighted by molar-refractivity contribution is 7.57. The molecule has 12 heteroatoms. The maximum atomic E-state index is 13.1. The van der Waals surface area contributed by atoms with E-state index in [-0.39, 0.29) is 31.5 Å². The number of hydrogen-bond donors (Lipinski definition) is 1. The highest BCUT2D eigenvalue weighted by Gasteiger charge is 2.28. The summed E-state index contributed by atoms with van der Waals surface area (Å²) < 4.78 is 71.9. The van der Waals surface area contributed by atoms with Crippen LogP contribution >= 0.6 is 7.60 Å². The number of alkyl halides is 3. The predicted molar refractivity (Wildman–Crippen MR) is 193 cm³/mol. The molecule has 0 aliphatic rings. The van der Waals surface area contributed by atoms with E-state index in [2.05, 4.69) is 17.2 Å². The number of ether oxygens (including phenoxy) is 2. The van der Waals surface area contributed by atoms with E-state index in [1.54, 1.807) is 32.1 Å². The van der Waals surface area contributed by atoms with Gasteiger partial charge in [-0.25, -0.2) is 0 Å². The van der Waals surface area contributed by atoms with Crippen LogP contribution in [0.4, 0.5) is 13.2 Å². The number of aromatic nitrogens is 1. The standard InChI is InChI=1S/C38H58F3N2O6P/c1-4-7-8-9-10-11-12-13-14-15-16-17-18-19-37(44)43-33(25-27-50(45,48-5-2)49-6-3)28-32-20-22-35(23-21-32)46-30-34-29-36(24-26-42-34)47-31-38(39,40)41/h20-27,29,33H,4-19,28,30-31H2,1-3H3,(H,43,44)/t33-/m1/s1. The summed E-state index contributed by atoms with van der Waals surface area (Å²) in [6, 6.07) is 9.55. The number of amides is 1. The molecule has 0 radical (unpaired) electrons. The van der Waals surface area contributed by atoms with Crippen LogP contribution in [-0.4, -0.2) is 42.9 Å². The maximum absolute atomic E-state index is 13.1. The molecule has 0 bridgehead atoms. The van der Waals surface area contributed by atoms with Gasteiger partial charge in [-0.3, -0.25) is 14.3 Å². The number of pyridine rings is 1. The van der Waals surface area contributed by atoms with E-state index in [0.717, 1.165) is 24.8 Å². The number of carbonyl (C=O) groups is 1. The Hall–Kier alpha value is -2.88. The van der Waals surface area contributed by atoms with Crippen molar-refractivity contribution < 1.29 is 41.1 Å². The third-order valence-corrected chi connectivity index (χ3v) is 9.70. The molecule has 1 N–H and O–H groups in total. The summed E-state index contributed by atoms with van der Waals surface area (Å²) in [5, 5.41) is 3.07. The van der Waals surface area contributed by atoms with Crippen molar-refractivity contribution in [3.05, 3.63) is 65.7 Å². The minimum atomic E-state index is -4.43. The van der Waals surface area contributed by atoms with Crippen LogP contribution in [0.15, 0.2) is 54.5 Å². The number of nitrogens with one attached hydrogen (secondary N) is 1. The van der Waals surface area contributed by atoms with Gasteiger partial charge in [-0.2, -0.15) is 13.2 Å². The zero-order valence-corrected chi connectivity index (χ0v) is 31.1. The average Bonchev–Trinajstić information content (AvgIpc) is 3.08. The Labute approximate surface area is 297 Å². The maximum Gasteiger partial charge on any atom is 0.422 e. The van der Waals surface area contributed by atoms with Crippen molar-refractivity contribution in [3.63, 3.8) is 0 Å². The molecule has 0 saturated carbocycles. The summed E-state index contributed by atoms with van der Waals surface area (Å²) in [6.45, 7) is 4.82. The Balaban J connectivity index is 1.87. The van der Waals surface area contributed by atoms with Crippen LogP contribution < -0.4 is 14.8 Å². The van der Waals surface area contributed by atoms with Gasteiger partial charge in [-0.05, 0) is 50.5 Å². The van der Waals surface area contributed by atoms with Crippen molar-refractivity contribution in [3.8, 4) is 11.5 Å². The lowest BCUT2D eigenvalue weighted by Crippen LogP contribution is -2.34. The van der Waals surface area contributed by atoms with E-state index in [0.29, 0.717) is 24.3 Å². The zero-order valence-electron chi connectivity index (χ0n) is 30.2. The first kappa shape index (κ1) is 43.3. The van der Waals surface area contributed by atoms with Gasteiger partial charge in [0, 0.05) is 24.5 Å². The first-order chi connectivity index (χ1) is 24.1. The van der Waals surface area contributed by atoms with Crippen molar-refractivity contribution in [1.82, 2.24) is 10.3 Å². The summed E-state index contributed by atoms with van der Waals surface area (Å²) in [4.78, 5) is 17.1. The van der Waals surface area contributed by atoms with Crippen molar-refractivity contribution in [1.29, 1.82) is 0 Å².